The standard InChI is InChI=1S/C23H30N2O2/c1-23(2,3)21(27-22(24)26)19-11-7-10-18(14-19)20-12-13-25(16-20)15-17-8-5-4-6-9-17/h4-11,14,20-21H,12-13,15-16H2,1-3H3,(H2,24,26). The largest absolute Gasteiger partial charge is 0.441 e. The number of amides is 1. The Hall–Kier alpha value is -2.33. The summed E-state index contributed by atoms with van der Waals surface area (Å²) in [6.45, 7) is 9.32. The molecule has 144 valence electrons. The van der Waals surface area contributed by atoms with Gasteiger partial charge < -0.3 is 10.5 Å². The number of likely N-dealkylation sites (tertiary alicyclic amines) is 1. The molecule has 2 aromatic rings. The summed E-state index contributed by atoms with van der Waals surface area (Å²) in [7, 11) is 0. The maximum Gasteiger partial charge on any atom is 0.405 e. The monoisotopic (exact) mass is 366 g/mol. The summed E-state index contributed by atoms with van der Waals surface area (Å²) in [6.07, 6.45) is 0.0691. The van der Waals surface area contributed by atoms with Crippen LogP contribution in [0.2, 0.25) is 0 Å². The first-order valence-electron chi connectivity index (χ1n) is 9.65. The van der Waals surface area contributed by atoms with Gasteiger partial charge in [-0.05, 0) is 35.6 Å². The summed E-state index contributed by atoms with van der Waals surface area (Å²) in [5.41, 5.74) is 8.77. The number of nitrogens with two attached hydrogens (primary N) is 1. The lowest BCUT2D eigenvalue weighted by Crippen LogP contribution is -2.27. The highest BCUT2D eigenvalue weighted by Gasteiger charge is 2.31. The molecule has 2 unspecified atom stereocenters. The van der Waals surface area contributed by atoms with Crippen LogP contribution in [-0.4, -0.2) is 24.1 Å². The average molecular weight is 367 g/mol. The van der Waals surface area contributed by atoms with Crippen LogP contribution in [0.1, 0.15) is 55.9 Å². The number of rotatable bonds is 5. The predicted molar refractivity (Wildman–Crippen MR) is 108 cm³/mol. The zero-order valence-electron chi connectivity index (χ0n) is 16.5. The lowest BCUT2D eigenvalue weighted by Gasteiger charge is -2.30. The Balaban J connectivity index is 1.72. The van der Waals surface area contributed by atoms with Crippen molar-refractivity contribution < 1.29 is 9.53 Å². The minimum Gasteiger partial charge on any atom is -0.441 e. The number of ether oxygens (including phenoxy) is 1. The summed E-state index contributed by atoms with van der Waals surface area (Å²) in [5.74, 6) is 0.503. The number of hydrogen-bond acceptors (Lipinski definition) is 3. The second-order valence-electron chi connectivity index (χ2n) is 8.56. The van der Waals surface area contributed by atoms with Gasteiger partial charge in [-0.3, -0.25) is 4.90 Å². The molecule has 4 nitrogen and oxygen atoms in total. The van der Waals surface area contributed by atoms with Crippen molar-refractivity contribution >= 4 is 6.09 Å². The van der Waals surface area contributed by atoms with E-state index in [1.54, 1.807) is 0 Å². The molecule has 0 radical (unpaired) electrons. The number of nitrogens with zero attached hydrogens (tertiary/aromatic N) is 1. The van der Waals surface area contributed by atoms with Crippen molar-refractivity contribution in [3.05, 3.63) is 71.3 Å². The zero-order valence-corrected chi connectivity index (χ0v) is 16.5. The second-order valence-corrected chi connectivity index (χ2v) is 8.56. The van der Waals surface area contributed by atoms with Crippen molar-refractivity contribution in [3.63, 3.8) is 0 Å². The molecule has 1 heterocycles. The van der Waals surface area contributed by atoms with E-state index in [9.17, 15) is 4.79 Å². The molecule has 1 aliphatic heterocycles. The smallest absolute Gasteiger partial charge is 0.405 e. The van der Waals surface area contributed by atoms with Crippen molar-refractivity contribution in [1.29, 1.82) is 0 Å². The zero-order chi connectivity index (χ0) is 19.4. The van der Waals surface area contributed by atoms with E-state index in [1.165, 1.54) is 11.1 Å². The molecule has 27 heavy (non-hydrogen) atoms. The van der Waals surface area contributed by atoms with Crippen LogP contribution in [0.3, 0.4) is 0 Å². The Bertz CT molecular complexity index is 767. The third kappa shape index (κ3) is 5.10. The van der Waals surface area contributed by atoms with Crippen molar-refractivity contribution in [2.24, 2.45) is 11.1 Å². The van der Waals surface area contributed by atoms with E-state index in [4.69, 9.17) is 10.5 Å². The van der Waals surface area contributed by atoms with E-state index in [0.717, 1.165) is 31.6 Å². The van der Waals surface area contributed by atoms with Gasteiger partial charge in [0.1, 0.15) is 6.10 Å². The van der Waals surface area contributed by atoms with Crippen LogP contribution >= 0.6 is 0 Å². The summed E-state index contributed by atoms with van der Waals surface area (Å²) in [5, 5.41) is 0. The highest BCUT2D eigenvalue weighted by Crippen LogP contribution is 2.38. The second kappa shape index (κ2) is 8.13. The highest BCUT2D eigenvalue weighted by atomic mass is 16.6. The fraction of sp³-hybridized carbons (Fsp3) is 0.435. The van der Waals surface area contributed by atoms with Gasteiger partial charge in [-0.1, -0.05) is 75.4 Å². The molecular weight excluding hydrogens is 336 g/mol. The molecule has 4 heteroatoms. The van der Waals surface area contributed by atoms with E-state index in [-0.39, 0.29) is 11.5 Å². The minimum absolute atomic E-state index is 0.220. The third-order valence-corrected chi connectivity index (χ3v) is 5.23. The fourth-order valence-corrected chi connectivity index (χ4v) is 3.93. The average Bonchev–Trinajstić information content (AvgIpc) is 3.08. The van der Waals surface area contributed by atoms with E-state index in [0.29, 0.717) is 5.92 Å². The van der Waals surface area contributed by atoms with Crippen LogP contribution in [0.4, 0.5) is 4.79 Å². The van der Waals surface area contributed by atoms with Crippen LogP contribution in [-0.2, 0) is 11.3 Å². The van der Waals surface area contributed by atoms with Crippen LogP contribution in [0.15, 0.2) is 54.6 Å². The Morgan fingerprint density at radius 3 is 2.59 bits per heavy atom. The number of carbonyl (C=O) groups excluding carboxylic acids is 1. The summed E-state index contributed by atoms with van der Waals surface area (Å²) in [4.78, 5) is 13.9. The Labute approximate surface area is 162 Å². The molecule has 0 saturated carbocycles. The topological polar surface area (TPSA) is 55.6 Å². The normalized spacial score (nSPS) is 19.0. The quantitative estimate of drug-likeness (QED) is 0.822. The Kier molecular flexibility index (Phi) is 5.85. The predicted octanol–water partition coefficient (Wildman–Crippen LogP) is 4.86. The number of carbonyl (C=O) groups is 1. The van der Waals surface area contributed by atoms with Gasteiger partial charge in [0.2, 0.25) is 0 Å². The van der Waals surface area contributed by atoms with Gasteiger partial charge in [0.25, 0.3) is 0 Å². The van der Waals surface area contributed by atoms with Gasteiger partial charge in [0, 0.05) is 18.5 Å². The summed E-state index contributed by atoms with van der Waals surface area (Å²) in [6, 6.07) is 19.1. The molecule has 1 aliphatic rings. The van der Waals surface area contributed by atoms with Crippen molar-refractivity contribution in [2.45, 2.75) is 45.8 Å². The molecular formula is C23H30N2O2. The highest BCUT2D eigenvalue weighted by molar-refractivity contribution is 5.65. The van der Waals surface area contributed by atoms with Gasteiger partial charge in [0.15, 0.2) is 0 Å². The molecule has 2 aromatic carbocycles. The first-order chi connectivity index (χ1) is 12.8. The first-order valence-corrected chi connectivity index (χ1v) is 9.65. The van der Waals surface area contributed by atoms with Gasteiger partial charge in [-0.15, -0.1) is 0 Å². The van der Waals surface area contributed by atoms with Crippen molar-refractivity contribution in [1.82, 2.24) is 4.90 Å². The first kappa shape index (κ1) is 19.4. The fourth-order valence-electron chi connectivity index (χ4n) is 3.93. The maximum absolute atomic E-state index is 11.4. The molecule has 1 saturated heterocycles. The maximum atomic E-state index is 11.4. The van der Waals surface area contributed by atoms with Gasteiger partial charge in [-0.2, -0.15) is 0 Å². The lowest BCUT2D eigenvalue weighted by molar-refractivity contribution is 0.0359. The molecule has 0 bridgehead atoms. The molecule has 2 atom stereocenters. The minimum atomic E-state index is -0.727. The molecule has 1 amide bonds. The summed E-state index contributed by atoms with van der Waals surface area (Å²) >= 11 is 0. The van der Waals surface area contributed by atoms with Crippen LogP contribution < -0.4 is 5.73 Å². The Morgan fingerprint density at radius 2 is 1.93 bits per heavy atom. The van der Waals surface area contributed by atoms with Crippen LogP contribution in [0, 0.1) is 5.41 Å². The Morgan fingerprint density at radius 1 is 1.19 bits per heavy atom. The molecule has 0 spiro atoms. The SMILES string of the molecule is CC(C)(C)C(OC(N)=O)c1cccc(C2CCN(Cc3ccccc3)C2)c1. The van der Waals surface area contributed by atoms with Crippen LogP contribution in [0.5, 0.6) is 0 Å². The summed E-state index contributed by atoms with van der Waals surface area (Å²) < 4.78 is 5.45. The van der Waals surface area contributed by atoms with Gasteiger partial charge in [0.05, 0.1) is 0 Å². The van der Waals surface area contributed by atoms with Crippen LogP contribution in [0.25, 0.3) is 0 Å². The van der Waals surface area contributed by atoms with E-state index < -0.39 is 6.09 Å². The molecule has 0 aromatic heterocycles. The molecule has 1 fully saturated rings. The number of benzene rings is 2. The van der Waals surface area contributed by atoms with Crippen molar-refractivity contribution in [2.75, 3.05) is 13.1 Å². The third-order valence-electron chi connectivity index (χ3n) is 5.23. The molecule has 3 rings (SSSR count). The van der Waals surface area contributed by atoms with Gasteiger partial charge >= 0.3 is 6.09 Å². The van der Waals surface area contributed by atoms with Crippen molar-refractivity contribution in [3.8, 4) is 0 Å². The number of primary amides is 1. The van der Waals surface area contributed by atoms with E-state index in [2.05, 4.69) is 74.2 Å². The van der Waals surface area contributed by atoms with Gasteiger partial charge in [-0.25, -0.2) is 4.79 Å². The van der Waals surface area contributed by atoms with E-state index in [1.807, 2.05) is 6.07 Å². The lowest BCUT2D eigenvalue weighted by atomic mass is 9.83. The van der Waals surface area contributed by atoms with E-state index >= 15 is 0 Å². The number of hydrogen-bond donors (Lipinski definition) is 1. The molecule has 0 aliphatic carbocycles. The molecule has 2 N–H and O–H groups in total.